The van der Waals surface area contributed by atoms with Crippen molar-refractivity contribution in [2.75, 3.05) is 24.6 Å². The molecule has 1 atom stereocenters. The minimum Gasteiger partial charge on any atom is -0.497 e. The second-order valence-corrected chi connectivity index (χ2v) is 8.41. The number of ether oxygens (including phenoxy) is 1. The Bertz CT molecular complexity index is 1030. The lowest BCUT2D eigenvalue weighted by atomic mass is 9.86. The van der Waals surface area contributed by atoms with Gasteiger partial charge in [-0.15, -0.1) is 0 Å². The highest BCUT2D eigenvalue weighted by atomic mass is 35.5. The molecule has 1 saturated heterocycles. The number of aryl methyl sites for hydroxylation is 1. The van der Waals surface area contributed by atoms with Crippen molar-refractivity contribution in [1.29, 1.82) is 5.26 Å². The number of rotatable bonds is 3. The highest BCUT2D eigenvalue weighted by molar-refractivity contribution is 8.03. The fourth-order valence-corrected chi connectivity index (χ4v) is 4.97. The van der Waals surface area contributed by atoms with Gasteiger partial charge in [-0.05, 0) is 42.3 Å². The summed E-state index contributed by atoms with van der Waals surface area (Å²) in [6.07, 6.45) is 0.280. The number of hydrogen-bond donors (Lipinski definition) is 0. The number of thioether (sulfide) groups is 1. The smallest absolute Gasteiger partial charge is 0.229 e. The van der Waals surface area contributed by atoms with Crippen molar-refractivity contribution >= 4 is 35.0 Å². The first-order chi connectivity index (χ1) is 14.0. The van der Waals surface area contributed by atoms with E-state index in [1.54, 1.807) is 12.0 Å². The van der Waals surface area contributed by atoms with Gasteiger partial charge in [-0.1, -0.05) is 41.6 Å². The molecule has 2 aliphatic heterocycles. The Kier molecular flexibility index (Phi) is 5.44. The van der Waals surface area contributed by atoms with Gasteiger partial charge >= 0.3 is 0 Å². The van der Waals surface area contributed by atoms with Crippen LogP contribution in [-0.4, -0.2) is 30.5 Å². The second-order valence-electron chi connectivity index (χ2n) is 7.07. The summed E-state index contributed by atoms with van der Waals surface area (Å²) in [5, 5.41) is 11.4. The summed E-state index contributed by atoms with van der Waals surface area (Å²) in [4.78, 5) is 16.8. The third-order valence-corrected chi connectivity index (χ3v) is 6.89. The van der Waals surface area contributed by atoms with Gasteiger partial charge in [0.2, 0.25) is 5.91 Å². The molecular formula is C22H20ClN3O2S. The van der Waals surface area contributed by atoms with E-state index >= 15 is 0 Å². The molecule has 5 nitrogen and oxygen atoms in total. The van der Waals surface area contributed by atoms with Gasteiger partial charge in [0.1, 0.15) is 5.75 Å². The Morgan fingerprint density at radius 2 is 2.00 bits per heavy atom. The van der Waals surface area contributed by atoms with Crippen LogP contribution in [0.2, 0.25) is 5.02 Å². The quantitative estimate of drug-likeness (QED) is 0.701. The number of nitrogens with zero attached hydrogens (tertiary/aromatic N) is 3. The maximum Gasteiger partial charge on any atom is 0.229 e. The van der Waals surface area contributed by atoms with E-state index < -0.39 is 0 Å². The van der Waals surface area contributed by atoms with Crippen LogP contribution >= 0.6 is 23.4 Å². The van der Waals surface area contributed by atoms with Crippen molar-refractivity contribution in [3.05, 3.63) is 69.2 Å². The zero-order valence-corrected chi connectivity index (χ0v) is 17.8. The summed E-state index contributed by atoms with van der Waals surface area (Å²) in [5.41, 5.74) is 3.59. The van der Waals surface area contributed by atoms with Gasteiger partial charge in [-0.2, -0.15) is 5.26 Å². The van der Waals surface area contributed by atoms with Gasteiger partial charge < -0.3 is 9.64 Å². The van der Waals surface area contributed by atoms with Crippen molar-refractivity contribution in [2.24, 2.45) is 0 Å². The van der Waals surface area contributed by atoms with Crippen LogP contribution in [0.25, 0.3) is 0 Å². The molecule has 148 valence electrons. The topological polar surface area (TPSA) is 56.6 Å². The number of halogens is 1. The summed E-state index contributed by atoms with van der Waals surface area (Å²) in [6.45, 7) is 2.38. The molecule has 0 aliphatic carbocycles. The molecule has 0 bridgehead atoms. The third-order valence-electron chi connectivity index (χ3n) is 5.33. The Morgan fingerprint density at radius 3 is 2.66 bits per heavy atom. The molecule has 2 aromatic rings. The molecule has 2 heterocycles. The van der Waals surface area contributed by atoms with Crippen LogP contribution < -0.4 is 9.64 Å². The average Bonchev–Trinajstić information content (AvgIpc) is 2.75. The number of anilines is 1. The fraction of sp³-hybridized carbons (Fsp3) is 0.273. The molecule has 7 heteroatoms. The lowest BCUT2D eigenvalue weighted by Gasteiger charge is -2.42. The number of carbonyl (C=O) groups excluding carboxylic acids is 1. The number of nitriles is 1. The molecule has 29 heavy (non-hydrogen) atoms. The largest absolute Gasteiger partial charge is 0.497 e. The van der Waals surface area contributed by atoms with E-state index in [-0.39, 0.29) is 18.2 Å². The van der Waals surface area contributed by atoms with E-state index in [0.717, 1.165) is 27.6 Å². The highest BCUT2D eigenvalue weighted by Crippen LogP contribution is 2.43. The lowest BCUT2D eigenvalue weighted by molar-refractivity contribution is -0.129. The van der Waals surface area contributed by atoms with Gasteiger partial charge in [0.05, 0.1) is 36.3 Å². The maximum absolute atomic E-state index is 13.0. The summed E-state index contributed by atoms with van der Waals surface area (Å²) in [7, 11) is 1.62. The molecule has 0 saturated carbocycles. The van der Waals surface area contributed by atoms with Crippen LogP contribution in [0.15, 0.2) is 53.1 Å². The van der Waals surface area contributed by atoms with Gasteiger partial charge in [0.15, 0.2) is 0 Å². The molecule has 0 spiro atoms. The number of fused-ring (bicyclic) bond motifs is 1. The predicted molar refractivity (Wildman–Crippen MR) is 116 cm³/mol. The van der Waals surface area contributed by atoms with Crippen molar-refractivity contribution in [3.8, 4) is 11.8 Å². The molecule has 0 unspecified atom stereocenters. The average molecular weight is 426 g/mol. The van der Waals surface area contributed by atoms with Crippen LogP contribution in [0.3, 0.4) is 0 Å². The molecule has 4 rings (SSSR count). The van der Waals surface area contributed by atoms with Gasteiger partial charge in [0.25, 0.3) is 0 Å². The number of amides is 1. The third kappa shape index (κ3) is 3.68. The zero-order chi connectivity index (χ0) is 20.5. The molecule has 0 N–H and O–H groups in total. The first-order valence-electron chi connectivity index (χ1n) is 9.24. The van der Waals surface area contributed by atoms with Crippen LogP contribution in [0.4, 0.5) is 5.69 Å². The number of hydrogen-bond acceptors (Lipinski definition) is 5. The number of methoxy groups -OCH3 is 1. The molecule has 1 amide bonds. The Balaban J connectivity index is 1.64. The second kappa shape index (κ2) is 8.02. The SMILES string of the molecule is COc1ccc([C@@H]2CC(=O)N3CN(c4ccc(C)c(Cl)c4)CSC3=C2C#N)cc1. The summed E-state index contributed by atoms with van der Waals surface area (Å²) >= 11 is 7.80. The number of benzene rings is 2. The monoisotopic (exact) mass is 425 g/mol. The van der Waals surface area contributed by atoms with E-state index in [9.17, 15) is 10.1 Å². The lowest BCUT2D eigenvalue weighted by Crippen LogP contribution is -2.47. The minimum atomic E-state index is -0.225. The molecule has 0 aromatic heterocycles. The molecule has 2 aliphatic rings. The van der Waals surface area contributed by atoms with Crippen molar-refractivity contribution in [2.45, 2.75) is 19.3 Å². The van der Waals surface area contributed by atoms with E-state index in [1.807, 2.05) is 49.4 Å². The van der Waals surface area contributed by atoms with Crippen LogP contribution in [0, 0.1) is 18.3 Å². The van der Waals surface area contributed by atoms with E-state index in [0.29, 0.717) is 23.1 Å². The number of allylic oxidation sites excluding steroid dienone is 1. The zero-order valence-electron chi connectivity index (χ0n) is 16.2. The minimum absolute atomic E-state index is 0.0234. The summed E-state index contributed by atoms with van der Waals surface area (Å²) < 4.78 is 5.22. The van der Waals surface area contributed by atoms with E-state index in [2.05, 4.69) is 11.0 Å². The number of carbonyl (C=O) groups is 1. The van der Waals surface area contributed by atoms with Crippen LogP contribution in [0.1, 0.15) is 23.5 Å². The first-order valence-corrected chi connectivity index (χ1v) is 10.6. The summed E-state index contributed by atoms with van der Waals surface area (Å²) in [5.74, 6) is 1.20. The van der Waals surface area contributed by atoms with Crippen molar-refractivity contribution < 1.29 is 9.53 Å². The van der Waals surface area contributed by atoms with Gasteiger partial charge in [0, 0.05) is 23.0 Å². The molecule has 0 radical (unpaired) electrons. The fourth-order valence-electron chi connectivity index (χ4n) is 3.63. The highest BCUT2D eigenvalue weighted by Gasteiger charge is 2.38. The van der Waals surface area contributed by atoms with E-state index in [4.69, 9.17) is 16.3 Å². The Labute approximate surface area is 179 Å². The van der Waals surface area contributed by atoms with Gasteiger partial charge in [-0.25, -0.2) is 0 Å². The molecule has 2 aromatic carbocycles. The van der Waals surface area contributed by atoms with Crippen molar-refractivity contribution in [3.63, 3.8) is 0 Å². The summed E-state index contributed by atoms with van der Waals surface area (Å²) in [6, 6.07) is 15.9. The molecule has 1 fully saturated rings. The Morgan fingerprint density at radius 1 is 1.24 bits per heavy atom. The Hall–Kier alpha value is -2.62. The maximum atomic E-state index is 13.0. The first kappa shape index (κ1) is 19.7. The van der Waals surface area contributed by atoms with E-state index in [1.165, 1.54) is 11.8 Å². The van der Waals surface area contributed by atoms with Crippen molar-refractivity contribution in [1.82, 2.24) is 4.90 Å². The van der Waals surface area contributed by atoms with Crippen LogP contribution in [0.5, 0.6) is 5.75 Å². The van der Waals surface area contributed by atoms with Crippen LogP contribution in [-0.2, 0) is 4.79 Å². The standard InChI is InChI=1S/C22H20ClN3O2S/c1-14-3-6-16(9-20(14)23)25-12-26-21(27)10-18(19(11-24)22(26)29-13-25)15-4-7-17(28-2)8-5-15/h3-9,18H,10,12-13H2,1-2H3/t18-/m0/s1. The van der Waals surface area contributed by atoms with Gasteiger partial charge in [-0.3, -0.25) is 9.69 Å². The predicted octanol–water partition coefficient (Wildman–Crippen LogP) is 4.88. The normalized spacial score (nSPS) is 19.1. The molecular weight excluding hydrogens is 406 g/mol.